The molecule has 0 N–H and O–H groups in total. The Labute approximate surface area is 116 Å². The van der Waals surface area contributed by atoms with Crippen LogP contribution in [0.2, 0.25) is 0 Å². The van der Waals surface area contributed by atoms with Crippen LogP contribution in [0.3, 0.4) is 0 Å². The lowest BCUT2D eigenvalue weighted by Gasteiger charge is -2.37. The van der Waals surface area contributed by atoms with Crippen molar-refractivity contribution in [3.8, 4) is 6.07 Å². The first-order valence-electron chi connectivity index (χ1n) is 6.98. The summed E-state index contributed by atoms with van der Waals surface area (Å²) in [7, 11) is 4.25. The Balaban J connectivity index is 2.09. The average molecular weight is 257 g/mol. The summed E-state index contributed by atoms with van der Waals surface area (Å²) in [5.74, 6) is 0. The van der Waals surface area contributed by atoms with Gasteiger partial charge in [-0.05, 0) is 52.5 Å². The van der Waals surface area contributed by atoms with Gasteiger partial charge in [0.2, 0.25) is 0 Å². The maximum absolute atomic E-state index is 9.50. The molecule has 1 unspecified atom stereocenters. The van der Waals surface area contributed by atoms with Gasteiger partial charge in [0.1, 0.15) is 6.04 Å². The minimum atomic E-state index is -0.131. The third-order valence-corrected chi connectivity index (χ3v) is 4.19. The Kier molecular flexibility index (Phi) is 4.57. The molecule has 1 heterocycles. The van der Waals surface area contributed by atoms with E-state index in [1.54, 1.807) is 0 Å². The van der Waals surface area contributed by atoms with E-state index >= 15 is 0 Å². The van der Waals surface area contributed by atoms with Crippen LogP contribution in [0.15, 0.2) is 24.3 Å². The van der Waals surface area contributed by atoms with Crippen molar-refractivity contribution in [1.82, 2.24) is 9.80 Å². The van der Waals surface area contributed by atoms with Gasteiger partial charge in [-0.15, -0.1) is 0 Å². The van der Waals surface area contributed by atoms with Gasteiger partial charge >= 0.3 is 0 Å². The summed E-state index contributed by atoms with van der Waals surface area (Å²) in [6, 6.07) is 11.2. The second kappa shape index (κ2) is 6.18. The zero-order valence-corrected chi connectivity index (χ0v) is 12.1. The highest BCUT2D eigenvalue weighted by Crippen LogP contribution is 2.25. The van der Waals surface area contributed by atoms with Crippen LogP contribution in [0.4, 0.5) is 0 Å². The lowest BCUT2D eigenvalue weighted by atomic mass is 9.99. The number of rotatable bonds is 3. The number of piperidine rings is 1. The van der Waals surface area contributed by atoms with E-state index in [1.807, 2.05) is 0 Å². The zero-order chi connectivity index (χ0) is 13.8. The Morgan fingerprint density at radius 2 is 1.84 bits per heavy atom. The van der Waals surface area contributed by atoms with Crippen LogP contribution < -0.4 is 0 Å². The van der Waals surface area contributed by atoms with Crippen LogP contribution in [0.1, 0.15) is 30.0 Å². The van der Waals surface area contributed by atoms with Gasteiger partial charge in [0.05, 0.1) is 6.07 Å². The third-order valence-electron chi connectivity index (χ3n) is 4.19. The molecule has 1 saturated heterocycles. The molecule has 1 aromatic carbocycles. The number of likely N-dealkylation sites (tertiary alicyclic amines) is 1. The van der Waals surface area contributed by atoms with E-state index in [0.29, 0.717) is 6.04 Å². The Morgan fingerprint density at radius 1 is 1.26 bits per heavy atom. The molecule has 0 bridgehead atoms. The molecule has 0 saturated carbocycles. The summed E-state index contributed by atoms with van der Waals surface area (Å²) >= 11 is 0. The lowest BCUT2D eigenvalue weighted by molar-refractivity contribution is 0.126. The van der Waals surface area contributed by atoms with Crippen molar-refractivity contribution in [2.75, 3.05) is 27.2 Å². The molecule has 2 rings (SSSR count). The van der Waals surface area contributed by atoms with E-state index in [0.717, 1.165) is 31.5 Å². The molecule has 19 heavy (non-hydrogen) atoms. The molecule has 0 aliphatic carbocycles. The SMILES string of the molecule is Cc1ccc(C(C#N)N(C)C2CCN(C)CC2)cc1. The van der Waals surface area contributed by atoms with Crippen molar-refractivity contribution < 1.29 is 0 Å². The average Bonchev–Trinajstić information content (AvgIpc) is 2.42. The minimum Gasteiger partial charge on any atom is -0.306 e. The largest absolute Gasteiger partial charge is 0.306 e. The molecule has 3 heteroatoms. The normalized spacial score (nSPS) is 19.3. The standard InChI is InChI=1S/C16H23N3/c1-13-4-6-14(7-5-13)16(12-17)19(3)15-8-10-18(2)11-9-15/h4-7,15-16H,8-11H2,1-3H3. The summed E-state index contributed by atoms with van der Waals surface area (Å²) in [5, 5.41) is 9.50. The topological polar surface area (TPSA) is 30.3 Å². The van der Waals surface area contributed by atoms with Crippen molar-refractivity contribution in [2.45, 2.75) is 31.8 Å². The van der Waals surface area contributed by atoms with Gasteiger partial charge in [-0.1, -0.05) is 29.8 Å². The molecular formula is C16H23N3. The first kappa shape index (κ1) is 14.0. The molecule has 1 aliphatic heterocycles. The predicted molar refractivity (Wildman–Crippen MR) is 77.8 cm³/mol. The molecule has 1 atom stereocenters. The fourth-order valence-electron chi connectivity index (χ4n) is 2.76. The highest BCUT2D eigenvalue weighted by Gasteiger charge is 2.26. The van der Waals surface area contributed by atoms with Gasteiger partial charge in [0.25, 0.3) is 0 Å². The number of aryl methyl sites for hydroxylation is 1. The first-order valence-corrected chi connectivity index (χ1v) is 6.98. The van der Waals surface area contributed by atoms with E-state index in [9.17, 15) is 5.26 Å². The highest BCUT2D eigenvalue weighted by molar-refractivity contribution is 5.27. The van der Waals surface area contributed by atoms with Crippen molar-refractivity contribution >= 4 is 0 Å². The Morgan fingerprint density at radius 3 is 2.37 bits per heavy atom. The van der Waals surface area contributed by atoms with Gasteiger partial charge in [-0.2, -0.15) is 5.26 Å². The summed E-state index contributed by atoms with van der Waals surface area (Å²) in [6.07, 6.45) is 2.30. The van der Waals surface area contributed by atoms with Gasteiger partial charge < -0.3 is 4.90 Å². The van der Waals surface area contributed by atoms with Crippen LogP contribution >= 0.6 is 0 Å². The van der Waals surface area contributed by atoms with Gasteiger partial charge in [-0.25, -0.2) is 0 Å². The second-order valence-electron chi connectivity index (χ2n) is 5.64. The zero-order valence-electron chi connectivity index (χ0n) is 12.1. The molecule has 0 radical (unpaired) electrons. The van der Waals surface area contributed by atoms with E-state index in [-0.39, 0.29) is 6.04 Å². The van der Waals surface area contributed by atoms with Crippen molar-refractivity contribution in [3.05, 3.63) is 35.4 Å². The van der Waals surface area contributed by atoms with Crippen LogP contribution in [0, 0.1) is 18.3 Å². The van der Waals surface area contributed by atoms with Crippen molar-refractivity contribution in [1.29, 1.82) is 5.26 Å². The molecule has 1 aromatic rings. The number of hydrogen-bond donors (Lipinski definition) is 0. The van der Waals surface area contributed by atoms with Crippen LogP contribution in [-0.4, -0.2) is 43.0 Å². The summed E-state index contributed by atoms with van der Waals surface area (Å²) in [4.78, 5) is 4.61. The molecule has 0 aromatic heterocycles. The monoisotopic (exact) mass is 257 g/mol. The van der Waals surface area contributed by atoms with Gasteiger partial charge in [0.15, 0.2) is 0 Å². The van der Waals surface area contributed by atoms with E-state index in [4.69, 9.17) is 0 Å². The molecule has 3 nitrogen and oxygen atoms in total. The van der Waals surface area contributed by atoms with E-state index in [1.165, 1.54) is 5.56 Å². The van der Waals surface area contributed by atoms with Crippen LogP contribution in [-0.2, 0) is 0 Å². The lowest BCUT2D eigenvalue weighted by Crippen LogP contribution is -2.43. The fourth-order valence-corrected chi connectivity index (χ4v) is 2.76. The van der Waals surface area contributed by atoms with Gasteiger partial charge in [-0.3, -0.25) is 4.90 Å². The maximum Gasteiger partial charge on any atom is 0.123 e. The summed E-state index contributed by atoms with van der Waals surface area (Å²) < 4.78 is 0. The number of hydrogen-bond acceptors (Lipinski definition) is 3. The second-order valence-corrected chi connectivity index (χ2v) is 5.64. The number of nitriles is 1. The van der Waals surface area contributed by atoms with Crippen LogP contribution in [0.25, 0.3) is 0 Å². The number of nitrogens with zero attached hydrogens (tertiary/aromatic N) is 3. The minimum absolute atomic E-state index is 0.131. The molecule has 102 valence electrons. The summed E-state index contributed by atoms with van der Waals surface area (Å²) in [5.41, 5.74) is 2.34. The van der Waals surface area contributed by atoms with Crippen LogP contribution in [0.5, 0.6) is 0 Å². The Hall–Kier alpha value is -1.37. The maximum atomic E-state index is 9.50. The fraction of sp³-hybridized carbons (Fsp3) is 0.562. The van der Waals surface area contributed by atoms with Gasteiger partial charge in [0, 0.05) is 6.04 Å². The smallest absolute Gasteiger partial charge is 0.123 e. The Bertz CT molecular complexity index is 438. The molecular weight excluding hydrogens is 234 g/mol. The molecule has 1 aliphatic rings. The molecule has 0 amide bonds. The summed E-state index contributed by atoms with van der Waals surface area (Å²) in [6.45, 7) is 4.33. The highest BCUT2D eigenvalue weighted by atomic mass is 15.2. The molecule has 0 spiro atoms. The van der Waals surface area contributed by atoms with Crippen molar-refractivity contribution in [2.24, 2.45) is 0 Å². The third kappa shape index (κ3) is 3.34. The predicted octanol–water partition coefficient (Wildman–Crippen LogP) is 2.59. The quantitative estimate of drug-likeness (QED) is 0.833. The van der Waals surface area contributed by atoms with E-state index in [2.05, 4.69) is 61.2 Å². The number of benzene rings is 1. The first-order chi connectivity index (χ1) is 9.11. The van der Waals surface area contributed by atoms with E-state index < -0.39 is 0 Å². The van der Waals surface area contributed by atoms with Crippen molar-refractivity contribution in [3.63, 3.8) is 0 Å². The molecule has 1 fully saturated rings.